The lowest BCUT2D eigenvalue weighted by molar-refractivity contribution is -0.126. The molecule has 0 heterocycles. The normalized spacial score (nSPS) is 9.46. The SMILES string of the molecule is CCC(=O)COCC(=O)C=C(C)C. The summed E-state index contributed by atoms with van der Waals surface area (Å²) < 4.78 is 4.91. The van der Waals surface area contributed by atoms with E-state index < -0.39 is 0 Å². The Morgan fingerprint density at radius 2 is 1.85 bits per heavy atom. The molecule has 0 rings (SSSR count). The van der Waals surface area contributed by atoms with E-state index >= 15 is 0 Å². The number of carbonyl (C=O) groups is 2. The van der Waals surface area contributed by atoms with E-state index in [2.05, 4.69) is 0 Å². The Bertz CT molecular complexity index is 212. The van der Waals surface area contributed by atoms with Crippen LogP contribution in [0.4, 0.5) is 0 Å². The first-order chi connectivity index (χ1) is 6.06. The van der Waals surface area contributed by atoms with Crippen molar-refractivity contribution in [2.45, 2.75) is 27.2 Å². The van der Waals surface area contributed by atoms with E-state index in [1.54, 1.807) is 6.92 Å². The first-order valence-corrected chi connectivity index (χ1v) is 4.33. The molecule has 0 amide bonds. The number of Topliss-reactive ketones (excluding diaryl/α,β-unsaturated/α-hetero) is 1. The van der Waals surface area contributed by atoms with E-state index in [1.165, 1.54) is 6.08 Å². The molecule has 3 heteroatoms. The Morgan fingerprint density at radius 3 is 2.31 bits per heavy atom. The second-order valence-corrected chi connectivity index (χ2v) is 3.07. The number of ketones is 2. The number of ether oxygens (including phenoxy) is 1. The second kappa shape index (κ2) is 6.54. The van der Waals surface area contributed by atoms with Crippen molar-refractivity contribution in [2.24, 2.45) is 0 Å². The van der Waals surface area contributed by atoms with Crippen LogP contribution in [0.5, 0.6) is 0 Å². The van der Waals surface area contributed by atoms with Crippen LogP contribution in [-0.2, 0) is 14.3 Å². The number of rotatable bonds is 6. The van der Waals surface area contributed by atoms with Crippen LogP contribution in [-0.4, -0.2) is 24.8 Å². The van der Waals surface area contributed by atoms with Crippen LogP contribution in [0.2, 0.25) is 0 Å². The Balaban J connectivity index is 3.60. The quantitative estimate of drug-likeness (QED) is 0.588. The lowest BCUT2D eigenvalue weighted by Gasteiger charge is -1.98. The second-order valence-electron chi connectivity index (χ2n) is 3.07. The molecule has 0 fully saturated rings. The van der Waals surface area contributed by atoms with Gasteiger partial charge in [-0.1, -0.05) is 12.5 Å². The molecule has 0 aromatic carbocycles. The summed E-state index contributed by atoms with van der Waals surface area (Å²) in [6.45, 7) is 5.49. The summed E-state index contributed by atoms with van der Waals surface area (Å²) in [7, 11) is 0. The van der Waals surface area contributed by atoms with Crippen LogP contribution in [0.1, 0.15) is 27.2 Å². The van der Waals surface area contributed by atoms with Crippen molar-refractivity contribution < 1.29 is 14.3 Å². The minimum Gasteiger partial charge on any atom is -0.366 e. The van der Waals surface area contributed by atoms with Gasteiger partial charge in [0.15, 0.2) is 11.6 Å². The maximum absolute atomic E-state index is 11.0. The molecule has 0 saturated carbocycles. The van der Waals surface area contributed by atoms with Crippen LogP contribution in [0, 0.1) is 0 Å². The average molecular weight is 184 g/mol. The van der Waals surface area contributed by atoms with E-state index in [9.17, 15) is 9.59 Å². The molecule has 0 bridgehead atoms. The van der Waals surface area contributed by atoms with Gasteiger partial charge in [0, 0.05) is 6.42 Å². The van der Waals surface area contributed by atoms with Crippen LogP contribution >= 0.6 is 0 Å². The van der Waals surface area contributed by atoms with Gasteiger partial charge in [0.2, 0.25) is 0 Å². The number of carbonyl (C=O) groups excluding carboxylic acids is 2. The molecule has 3 nitrogen and oxygen atoms in total. The predicted molar refractivity (Wildman–Crippen MR) is 50.6 cm³/mol. The van der Waals surface area contributed by atoms with Gasteiger partial charge in [-0.3, -0.25) is 9.59 Å². The fourth-order valence-electron chi connectivity index (χ4n) is 0.731. The zero-order chi connectivity index (χ0) is 10.3. The Morgan fingerprint density at radius 1 is 1.23 bits per heavy atom. The Hall–Kier alpha value is -0.960. The molecule has 0 saturated heterocycles. The fraction of sp³-hybridized carbons (Fsp3) is 0.600. The maximum Gasteiger partial charge on any atom is 0.181 e. The number of hydrogen-bond acceptors (Lipinski definition) is 3. The molecule has 13 heavy (non-hydrogen) atoms. The minimum atomic E-state index is -0.0936. The fourth-order valence-corrected chi connectivity index (χ4v) is 0.731. The standard InChI is InChI=1S/C10H16O3/c1-4-9(11)6-13-7-10(12)5-8(2)3/h5H,4,6-7H2,1-3H3. The van der Waals surface area contributed by atoms with Crippen molar-refractivity contribution in [3.05, 3.63) is 11.6 Å². The van der Waals surface area contributed by atoms with Crippen LogP contribution in [0.25, 0.3) is 0 Å². The molecule has 0 spiro atoms. The summed E-state index contributed by atoms with van der Waals surface area (Å²) in [5.74, 6) is -0.0751. The highest BCUT2D eigenvalue weighted by molar-refractivity contribution is 5.91. The highest BCUT2D eigenvalue weighted by atomic mass is 16.5. The molecule has 0 aromatic heterocycles. The number of hydrogen-bond donors (Lipinski definition) is 0. The summed E-state index contributed by atoms with van der Waals surface area (Å²) in [5, 5.41) is 0. The van der Waals surface area contributed by atoms with Crippen molar-refractivity contribution in [2.75, 3.05) is 13.2 Å². The van der Waals surface area contributed by atoms with Crippen LogP contribution < -0.4 is 0 Å². The van der Waals surface area contributed by atoms with Gasteiger partial charge in [-0.05, 0) is 19.9 Å². The van der Waals surface area contributed by atoms with Gasteiger partial charge in [-0.15, -0.1) is 0 Å². The molecule has 0 aromatic rings. The van der Waals surface area contributed by atoms with Gasteiger partial charge in [0.25, 0.3) is 0 Å². The zero-order valence-corrected chi connectivity index (χ0v) is 8.42. The molecule has 0 unspecified atom stereocenters. The maximum atomic E-state index is 11.0. The third kappa shape index (κ3) is 7.40. The lowest BCUT2D eigenvalue weighted by atomic mass is 10.2. The van der Waals surface area contributed by atoms with Crippen LogP contribution in [0.15, 0.2) is 11.6 Å². The molecule has 0 atom stereocenters. The third-order valence-electron chi connectivity index (χ3n) is 1.35. The zero-order valence-electron chi connectivity index (χ0n) is 8.42. The van der Waals surface area contributed by atoms with Gasteiger partial charge in [0.05, 0.1) is 0 Å². The van der Waals surface area contributed by atoms with Gasteiger partial charge in [0.1, 0.15) is 13.2 Å². The van der Waals surface area contributed by atoms with E-state index in [1.807, 2.05) is 13.8 Å². The monoisotopic (exact) mass is 184 g/mol. The highest BCUT2D eigenvalue weighted by Crippen LogP contribution is 1.90. The molecule has 0 N–H and O–H groups in total. The van der Waals surface area contributed by atoms with E-state index in [4.69, 9.17) is 4.74 Å². The lowest BCUT2D eigenvalue weighted by Crippen LogP contribution is -2.12. The van der Waals surface area contributed by atoms with Gasteiger partial charge in [-0.25, -0.2) is 0 Å². The number of allylic oxidation sites excluding steroid dienone is 1. The minimum absolute atomic E-state index is 0.00306. The van der Waals surface area contributed by atoms with Crippen molar-refractivity contribution in [3.8, 4) is 0 Å². The van der Waals surface area contributed by atoms with Gasteiger partial charge in [-0.2, -0.15) is 0 Å². The van der Waals surface area contributed by atoms with Gasteiger partial charge < -0.3 is 4.74 Å². The molecule has 74 valence electrons. The summed E-state index contributed by atoms with van der Waals surface area (Å²) in [4.78, 5) is 21.8. The molecule has 0 aliphatic carbocycles. The molecular weight excluding hydrogens is 168 g/mol. The summed E-state index contributed by atoms with van der Waals surface area (Å²) in [5.41, 5.74) is 0.940. The highest BCUT2D eigenvalue weighted by Gasteiger charge is 2.01. The van der Waals surface area contributed by atoms with Crippen LogP contribution in [0.3, 0.4) is 0 Å². The molecule has 0 aliphatic rings. The van der Waals surface area contributed by atoms with Crippen molar-refractivity contribution in [1.82, 2.24) is 0 Å². The van der Waals surface area contributed by atoms with Crippen molar-refractivity contribution >= 4 is 11.6 Å². The molecular formula is C10H16O3. The van der Waals surface area contributed by atoms with Crippen molar-refractivity contribution in [3.63, 3.8) is 0 Å². The Labute approximate surface area is 78.8 Å². The van der Waals surface area contributed by atoms with E-state index in [0.29, 0.717) is 6.42 Å². The third-order valence-corrected chi connectivity index (χ3v) is 1.35. The largest absolute Gasteiger partial charge is 0.366 e. The molecule has 0 radical (unpaired) electrons. The molecule has 0 aliphatic heterocycles. The first-order valence-electron chi connectivity index (χ1n) is 4.33. The Kier molecular flexibility index (Phi) is 6.06. The van der Waals surface area contributed by atoms with E-state index in [0.717, 1.165) is 5.57 Å². The summed E-state index contributed by atoms with van der Waals surface area (Å²) in [6.07, 6.45) is 1.97. The topological polar surface area (TPSA) is 43.4 Å². The first kappa shape index (κ1) is 12.0. The smallest absolute Gasteiger partial charge is 0.181 e. The van der Waals surface area contributed by atoms with E-state index in [-0.39, 0.29) is 24.8 Å². The van der Waals surface area contributed by atoms with Crippen molar-refractivity contribution in [1.29, 1.82) is 0 Å². The van der Waals surface area contributed by atoms with Gasteiger partial charge >= 0.3 is 0 Å². The summed E-state index contributed by atoms with van der Waals surface area (Å²) >= 11 is 0. The predicted octanol–water partition coefficient (Wildman–Crippen LogP) is 1.52. The summed E-state index contributed by atoms with van der Waals surface area (Å²) in [6, 6.07) is 0. The average Bonchev–Trinajstić information content (AvgIpc) is 2.02.